The summed E-state index contributed by atoms with van der Waals surface area (Å²) in [6, 6.07) is 0. The monoisotopic (exact) mass is 363 g/mol. The Labute approximate surface area is 144 Å². The number of carbonyl (C=O) groups excluding carboxylic acids is 2. The van der Waals surface area contributed by atoms with Crippen molar-refractivity contribution < 1.29 is 22.7 Å². The van der Waals surface area contributed by atoms with E-state index in [9.17, 15) is 18.0 Å². The second-order valence-corrected chi connectivity index (χ2v) is 9.85. The molecule has 0 radical (unpaired) electrons. The molecule has 1 fully saturated rings. The van der Waals surface area contributed by atoms with Gasteiger partial charge in [-0.25, -0.2) is 18.4 Å². The van der Waals surface area contributed by atoms with E-state index in [1.807, 2.05) is 13.8 Å². The highest BCUT2D eigenvalue weighted by Gasteiger charge is 2.35. The third-order valence-corrected chi connectivity index (χ3v) is 4.43. The van der Waals surface area contributed by atoms with E-state index >= 15 is 0 Å². The largest absolute Gasteiger partial charge is 0.444 e. The van der Waals surface area contributed by atoms with Crippen molar-refractivity contribution in [2.45, 2.75) is 46.6 Å². The second-order valence-electron chi connectivity index (χ2n) is 8.19. The summed E-state index contributed by atoms with van der Waals surface area (Å²) in [5.41, 5.74) is -0.941. The number of sulfonamides is 1. The summed E-state index contributed by atoms with van der Waals surface area (Å²) in [6.45, 7) is 10.3. The maximum absolute atomic E-state index is 12.1. The number of alkyl carbamates (subject to hydrolysis) is 1. The van der Waals surface area contributed by atoms with Gasteiger partial charge in [-0.2, -0.15) is 0 Å². The smallest absolute Gasteiger partial charge is 0.407 e. The lowest BCUT2D eigenvalue weighted by atomic mass is 9.93. The number of nitrogens with zero attached hydrogens (tertiary/aromatic N) is 1. The maximum Gasteiger partial charge on any atom is 0.407 e. The van der Waals surface area contributed by atoms with Crippen LogP contribution in [-0.2, 0) is 19.6 Å². The highest BCUT2D eigenvalue weighted by atomic mass is 32.2. The lowest BCUT2D eigenvalue weighted by Crippen LogP contribution is -2.44. The van der Waals surface area contributed by atoms with Crippen LogP contribution in [0.15, 0.2) is 0 Å². The molecule has 1 aliphatic heterocycles. The van der Waals surface area contributed by atoms with Crippen LogP contribution in [0.5, 0.6) is 0 Å². The van der Waals surface area contributed by atoms with Crippen molar-refractivity contribution in [2.24, 2.45) is 16.5 Å². The molecular weight excluding hydrogens is 334 g/mol. The van der Waals surface area contributed by atoms with Crippen molar-refractivity contribution in [1.82, 2.24) is 10.2 Å². The van der Waals surface area contributed by atoms with Crippen LogP contribution in [-0.4, -0.2) is 56.3 Å². The molecule has 0 saturated carbocycles. The number of nitrogens with one attached hydrogen (secondary N) is 1. The molecule has 1 unspecified atom stereocenters. The van der Waals surface area contributed by atoms with Crippen LogP contribution in [0.1, 0.15) is 41.0 Å². The van der Waals surface area contributed by atoms with Gasteiger partial charge in [-0.1, -0.05) is 13.8 Å². The molecule has 24 heavy (non-hydrogen) atoms. The van der Waals surface area contributed by atoms with Crippen LogP contribution < -0.4 is 10.5 Å². The predicted molar refractivity (Wildman–Crippen MR) is 90.7 cm³/mol. The minimum absolute atomic E-state index is 0.0889. The fourth-order valence-corrected chi connectivity index (χ4v) is 3.53. The van der Waals surface area contributed by atoms with Gasteiger partial charge in [0, 0.05) is 32.0 Å². The number of carbonyl (C=O) groups is 2. The van der Waals surface area contributed by atoms with Gasteiger partial charge in [0.25, 0.3) is 0 Å². The van der Waals surface area contributed by atoms with E-state index in [0.29, 0.717) is 19.6 Å². The summed E-state index contributed by atoms with van der Waals surface area (Å²) < 4.78 is 27.5. The standard InChI is InChI=1S/C15H29N3O5S/c1-14(2,3)23-13(20)17-9-15(4,5)10-18-7-11(6-12(18)19)8-24(16,21)22/h11H,6-10H2,1-5H3,(H,17,20)(H2,16,21,22). The van der Waals surface area contributed by atoms with E-state index in [2.05, 4.69) is 5.32 Å². The zero-order chi connectivity index (χ0) is 18.8. The van der Waals surface area contributed by atoms with Crippen molar-refractivity contribution in [1.29, 1.82) is 0 Å². The number of hydrogen-bond acceptors (Lipinski definition) is 5. The molecule has 1 rings (SSSR count). The van der Waals surface area contributed by atoms with Crippen molar-refractivity contribution in [3.05, 3.63) is 0 Å². The van der Waals surface area contributed by atoms with Crippen molar-refractivity contribution >= 4 is 22.0 Å². The number of hydrogen-bond donors (Lipinski definition) is 2. The van der Waals surface area contributed by atoms with Gasteiger partial charge >= 0.3 is 6.09 Å². The van der Waals surface area contributed by atoms with Gasteiger partial charge < -0.3 is 15.0 Å². The first-order valence-corrected chi connectivity index (χ1v) is 9.63. The Morgan fingerprint density at radius 1 is 1.33 bits per heavy atom. The van der Waals surface area contributed by atoms with E-state index in [1.54, 1.807) is 25.7 Å². The Balaban J connectivity index is 2.52. The van der Waals surface area contributed by atoms with E-state index in [1.165, 1.54) is 0 Å². The number of likely N-dealkylation sites (tertiary alicyclic amines) is 1. The van der Waals surface area contributed by atoms with Crippen LogP contribution in [0.2, 0.25) is 0 Å². The first kappa shape index (κ1) is 20.7. The van der Waals surface area contributed by atoms with Gasteiger partial charge in [0.05, 0.1) is 5.75 Å². The summed E-state index contributed by atoms with van der Waals surface area (Å²) in [7, 11) is -3.59. The lowest BCUT2D eigenvalue weighted by molar-refractivity contribution is -0.128. The molecule has 1 atom stereocenters. The van der Waals surface area contributed by atoms with E-state index in [4.69, 9.17) is 9.88 Å². The molecule has 3 N–H and O–H groups in total. The number of nitrogens with two attached hydrogens (primary N) is 1. The zero-order valence-electron chi connectivity index (χ0n) is 15.1. The highest BCUT2D eigenvalue weighted by Crippen LogP contribution is 2.24. The number of primary sulfonamides is 1. The maximum atomic E-state index is 12.1. The third-order valence-electron chi connectivity index (χ3n) is 3.49. The van der Waals surface area contributed by atoms with Crippen LogP contribution in [0.25, 0.3) is 0 Å². The normalized spacial score (nSPS) is 19.5. The lowest BCUT2D eigenvalue weighted by Gasteiger charge is -2.31. The quantitative estimate of drug-likeness (QED) is 0.719. The third kappa shape index (κ3) is 7.96. The summed E-state index contributed by atoms with van der Waals surface area (Å²) in [4.78, 5) is 25.4. The molecule has 2 amide bonds. The molecule has 0 spiro atoms. The number of amides is 2. The molecule has 0 aliphatic carbocycles. The minimum atomic E-state index is -3.59. The molecular formula is C15H29N3O5S. The van der Waals surface area contributed by atoms with Crippen LogP contribution in [0, 0.1) is 11.3 Å². The van der Waals surface area contributed by atoms with Crippen molar-refractivity contribution in [2.75, 3.05) is 25.4 Å². The zero-order valence-corrected chi connectivity index (χ0v) is 15.9. The minimum Gasteiger partial charge on any atom is -0.444 e. The van der Waals surface area contributed by atoms with E-state index < -0.39 is 21.7 Å². The molecule has 1 aliphatic rings. The number of ether oxygens (including phenoxy) is 1. The summed E-state index contributed by atoms with van der Waals surface area (Å²) in [5.74, 6) is -0.553. The highest BCUT2D eigenvalue weighted by molar-refractivity contribution is 7.89. The van der Waals surface area contributed by atoms with Gasteiger partial charge in [0.15, 0.2) is 0 Å². The molecule has 0 aromatic heterocycles. The average Bonchev–Trinajstić information content (AvgIpc) is 2.61. The molecule has 9 heteroatoms. The second kappa shape index (κ2) is 7.26. The Kier molecular flexibility index (Phi) is 6.26. The Morgan fingerprint density at radius 3 is 2.42 bits per heavy atom. The molecule has 8 nitrogen and oxygen atoms in total. The van der Waals surface area contributed by atoms with E-state index in [-0.39, 0.29) is 29.4 Å². The first-order valence-electron chi connectivity index (χ1n) is 7.92. The molecule has 0 bridgehead atoms. The SMILES string of the molecule is CC(C)(CNC(=O)OC(C)(C)C)CN1CC(CS(N)(=O)=O)CC1=O. The van der Waals surface area contributed by atoms with Gasteiger partial charge in [-0.3, -0.25) is 4.79 Å². The Morgan fingerprint density at radius 2 is 1.92 bits per heavy atom. The summed E-state index contributed by atoms with van der Waals surface area (Å²) in [5, 5.41) is 7.75. The fourth-order valence-electron chi connectivity index (χ4n) is 2.65. The van der Waals surface area contributed by atoms with Crippen LogP contribution >= 0.6 is 0 Å². The van der Waals surface area contributed by atoms with Gasteiger partial charge in [0.2, 0.25) is 15.9 Å². The average molecular weight is 363 g/mol. The van der Waals surface area contributed by atoms with Gasteiger partial charge in [-0.05, 0) is 26.2 Å². The van der Waals surface area contributed by atoms with Gasteiger partial charge in [-0.15, -0.1) is 0 Å². The Hall–Kier alpha value is -1.35. The molecule has 0 aromatic rings. The molecule has 1 saturated heterocycles. The molecule has 140 valence electrons. The Bertz CT molecular complexity index is 580. The summed E-state index contributed by atoms with van der Waals surface area (Å²) >= 11 is 0. The van der Waals surface area contributed by atoms with Gasteiger partial charge in [0.1, 0.15) is 5.60 Å². The molecule has 1 heterocycles. The first-order chi connectivity index (χ1) is 10.7. The topological polar surface area (TPSA) is 119 Å². The van der Waals surface area contributed by atoms with Crippen LogP contribution in [0.4, 0.5) is 4.79 Å². The fraction of sp³-hybridized carbons (Fsp3) is 0.867. The van der Waals surface area contributed by atoms with E-state index in [0.717, 1.165) is 0 Å². The van der Waals surface area contributed by atoms with Crippen LogP contribution in [0.3, 0.4) is 0 Å². The van der Waals surface area contributed by atoms with Crippen molar-refractivity contribution in [3.8, 4) is 0 Å². The predicted octanol–water partition coefficient (Wildman–Crippen LogP) is 0.674. The summed E-state index contributed by atoms with van der Waals surface area (Å²) in [6.07, 6.45) is -0.318. The number of rotatable bonds is 6. The van der Waals surface area contributed by atoms with Crippen molar-refractivity contribution in [3.63, 3.8) is 0 Å². The molecule has 0 aromatic carbocycles.